The molecule has 2 atom stereocenters. The fourth-order valence-corrected chi connectivity index (χ4v) is 4.18. The maximum absolute atomic E-state index is 13.5. The SMILES string of the molecule is CCCCOC(=O)[C@@H]1CS[C@@H](CCC)N1C(=O)c1cccc(F)c1. The Kier molecular flexibility index (Phi) is 7.09. The van der Waals surface area contributed by atoms with Crippen LogP contribution in [0.15, 0.2) is 24.3 Å². The van der Waals surface area contributed by atoms with Crippen molar-refractivity contribution in [2.45, 2.75) is 50.9 Å². The Balaban J connectivity index is 2.18. The number of nitrogens with zero attached hydrogens (tertiary/aromatic N) is 1. The summed E-state index contributed by atoms with van der Waals surface area (Å²) in [7, 11) is 0. The number of hydrogen-bond acceptors (Lipinski definition) is 4. The normalized spacial score (nSPS) is 20.2. The second kappa shape index (κ2) is 9.06. The van der Waals surface area contributed by atoms with Gasteiger partial charge in [-0.05, 0) is 31.0 Å². The van der Waals surface area contributed by atoms with Gasteiger partial charge in [-0.1, -0.05) is 32.8 Å². The fraction of sp³-hybridized carbons (Fsp3) is 0.556. The van der Waals surface area contributed by atoms with Gasteiger partial charge in [-0.3, -0.25) is 4.79 Å². The molecule has 1 heterocycles. The average molecular weight is 353 g/mol. The highest BCUT2D eigenvalue weighted by Crippen LogP contribution is 2.34. The van der Waals surface area contributed by atoms with Crippen LogP contribution in [0.1, 0.15) is 49.9 Å². The minimum atomic E-state index is -0.598. The Labute approximate surface area is 146 Å². The molecule has 1 aliphatic rings. The highest BCUT2D eigenvalue weighted by molar-refractivity contribution is 8.00. The molecule has 2 rings (SSSR count). The number of carbonyl (C=O) groups excluding carboxylic acids is 2. The number of ether oxygens (including phenoxy) is 1. The van der Waals surface area contributed by atoms with Crippen molar-refractivity contribution in [3.63, 3.8) is 0 Å². The van der Waals surface area contributed by atoms with E-state index in [9.17, 15) is 14.0 Å². The highest BCUT2D eigenvalue weighted by atomic mass is 32.2. The predicted molar refractivity (Wildman–Crippen MR) is 93.4 cm³/mol. The van der Waals surface area contributed by atoms with Gasteiger partial charge in [-0.15, -0.1) is 11.8 Å². The van der Waals surface area contributed by atoms with Gasteiger partial charge in [0.25, 0.3) is 5.91 Å². The van der Waals surface area contributed by atoms with Gasteiger partial charge >= 0.3 is 5.97 Å². The molecule has 0 radical (unpaired) electrons. The maximum Gasteiger partial charge on any atom is 0.329 e. The van der Waals surface area contributed by atoms with Gasteiger partial charge in [0.05, 0.1) is 12.0 Å². The Morgan fingerprint density at radius 2 is 2.12 bits per heavy atom. The number of unbranched alkanes of at least 4 members (excludes halogenated alkanes) is 1. The Morgan fingerprint density at radius 1 is 1.33 bits per heavy atom. The van der Waals surface area contributed by atoms with Crippen LogP contribution in [0.3, 0.4) is 0 Å². The number of hydrogen-bond donors (Lipinski definition) is 0. The zero-order valence-electron chi connectivity index (χ0n) is 14.2. The molecule has 1 aliphatic heterocycles. The standard InChI is InChI=1S/C18H24FNO3S/c1-3-5-10-23-18(22)15-12-24-16(7-4-2)20(15)17(21)13-8-6-9-14(19)11-13/h6,8-9,11,15-16H,3-5,7,10,12H2,1-2H3/t15-,16-/m0/s1. The summed E-state index contributed by atoms with van der Waals surface area (Å²) in [6, 6.07) is 5.01. The summed E-state index contributed by atoms with van der Waals surface area (Å²) in [5.74, 6) is -0.604. The zero-order chi connectivity index (χ0) is 17.5. The molecular formula is C18H24FNO3S. The molecule has 0 N–H and O–H groups in total. The maximum atomic E-state index is 13.5. The van der Waals surface area contributed by atoms with E-state index in [0.29, 0.717) is 12.4 Å². The number of benzene rings is 1. The number of esters is 1. The summed E-state index contributed by atoms with van der Waals surface area (Å²) in [6.07, 6.45) is 3.45. The molecular weight excluding hydrogens is 329 g/mol. The molecule has 1 saturated heterocycles. The van der Waals surface area contributed by atoms with Crippen molar-refractivity contribution in [2.75, 3.05) is 12.4 Å². The molecule has 0 unspecified atom stereocenters. The highest BCUT2D eigenvalue weighted by Gasteiger charge is 2.42. The minimum Gasteiger partial charge on any atom is -0.464 e. The van der Waals surface area contributed by atoms with Crippen LogP contribution in [0.25, 0.3) is 0 Å². The topological polar surface area (TPSA) is 46.6 Å². The summed E-state index contributed by atoms with van der Waals surface area (Å²) < 4.78 is 18.8. The van der Waals surface area contributed by atoms with Crippen LogP contribution < -0.4 is 0 Å². The number of rotatable bonds is 7. The van der Waals surface area contributed by atoms with Crippen LogP contribution in [0.5, 0.6) is 0 Å². The zero-order valence-corrected chi connectivity index (χ0v) is 15.0. The first-order valence-electron chi connectivity index (χ1n) is 8.45. The second-order valence-corrected chi connectivity index (χ2v) is 7.05. The molecule has 0 bridgehead atoms. The molecule has 0 aromatic heterocycles. The first-order chi connectivity index (χ1) is 11.6. The van der Waals surface area contributed by atoms with Gasteiger partial charge in [0.2, 0.25) is 0 Å². The third-order valence-corrected chi connectivity index (χ3v) is 5.30. The average Bonchev–Trinajstić information content (AvgIpc) is 2.98. The number of thioether (sulfide) groups is 1. The van der Waals surface area contributed by atoms with E-state index in [2.05, 4.69) is 0 Å². The smallest absolute Gasteiger partial charge is 0.329 e. The molecule has 4 nitrogen and oxygen atoms in total. The van der Waals surface area contributed by atoms with Crippen LogP contribution in [0, 0.1) is 5.82 Å². The van der Waals surface area contributed by atoms with Crippen LogP contribution in [-0.2, 0) is 9.53 Å². The fourth-order valence-electron chi connectivity index (χ4n) is 2.67. The predicted octanol–water partition coefficient (Wildman–Crippen LogP) is 3.85. The number of halogens is 1. The lowest BCUT2D eigenvalue weighted by atomic mass is 10.1. The van der Waals surface area contributed by atoms with Crippen molar-refractivity contribution in [1.29, 1.82) is 0 Å². The first kappa shape index (κ1) is 18.8. The van der Waals surface area contributed by atoms with E-state index in [1.54, 1.807) is 22.7 Å². The van der Waals surface area contributed by atoms with Crippen molar-refractivity contribution in [1.82, 2.24) is 4.90 Å². The molecule has 1 aromatic carbocycles. The lowest BCUT2D eigenvalue weighted by molar-refractivity contribution is -0.148. The van der Waals surface area contributed by atoms with Gasteiger partial charge < -0.3 is 9.64 Å². The lowest BCUT2D eigenvalue weighted by Crippen LogP contribution is -2.46. The van der Waals surface area contributed by atoms with Crippen LogP contribution in [0.2, 0.25) is 0 Å². The Morgan fingerprint density at radius 3 is 2.79 bits per heavy atom. The van der Waals surface area contributed by atoms with Crippen molar-refractivity contribution in [3.8, 4) is 0 Å². The van der Waals surface area contributed by atoms with Crippen molar-refractivity contribution >= 4 is 23.6 Å². The third-order valence-electron chi connectivity index (χ3n) is 3.95. The number of amides is 1. The second-order valence-electron chi connectivity index (χ2n) is 5.84. The van der Waals surface area contributed by atoms with Gasteiger partial charge in [0, 0.05) is 11.3 Å². The van der Waals surface area contributed by atoms with Crippen molar-refractivity contribution in [2.24, 2.45) is 0 Å². The Bertz CT molecular complexity index is 581. The summed E-state index contributed by atoms with van der Waals surface area (Å²) >= 11 is 1.59. The van der Waals surface area contributed by atoms with Gasteiger partial charge in [-0.2, -0.15) is 0 Å². The molecule has 1 amide bonds. The molecule has 24 heavy (non-hydrogen) atoms. The summed E-state index contributed by atoms with van der Waals surface area (Å²) in [6.45, 7) is 4.44. The largest absolute Gasteiger partial charge is 0.464 e. The first-order valence-corrected chi connectivity index (χ1v) is 9.49. The van der Waals surface area contributed by atoms with E-state index in [1.807, 2.05) is 13.8 Å². The van der Waals surface area contributed by atoms with Crippen LogP contribution in [0.4, 0.5) is 4.39 Å². The molecule has 0 saturated carbocycles. The third kappa shape index (κ3) is 4.50. The van der Waals surface area contributed by atoms with Crippen molar-refractivity contribution in [3.05, 3.63) is 35.6 Å². The summed E-state index contributed by atoms with van der Waals surface area (Å²) in [5.41, 5.74) is 0.268. The van der Waals surface area contributed by atoms with E-state index in [1.165, 1.54) is 18.2 Å². The molecule has 6 heteroatoms. The minimum absolute atomic E-state index is 0.0745. The quantitative estimate of drug-likeness (QED) is 0.552. The van der Waals surface area contributed by atoms with E-state index in [0.717, 1.165) is 25.7 Å². The lowest BCUT2D eigenvalue weighted by Gasteiger charge is -2.28. The van der Waals surface area contributed by atoms with Crippen LogP contribution in [-0.4, -0.2) is 40.6 Å². The van der Waals surface area contributed by atoms with Crippen LogP contribution >= 0.6 is 11.8 Å². The summed E-state index contributed by atoms with van der Waals surface area (Å²) in [5, 5.41) is -0.0745. The van der Waals surface area contributed by atoms with E-state index in [-0.39, 0.29) is 22.8 Å². The molecule has 0 aliphatic carbocycles. The van der Waals surface area contributed by atoms with Gasteiger partial charge in [0.1, 0.15) is 11.9 Å². The summed E-state index contributed by atoms with van der Waals surface area (Å²) in [4.78, 5) is 26.8. The number of carbonyl (C=O) groups is 2. The van der Waals surface area contributed by atoms with E-state index in [4.69, 9.17) is 4.74 Å². The molecule has 1 aromatic rings. The van der Waals surface area contributed by atoms with Crippen molar-refractivity contribution < 1.29 is 18.7 Å². The molecule has 0 spiro atoms. The van der Waals surface area contributed by atoms with E-state index >= 15 is 0 Å². The molecule has 1 fully saturated rings. The monoisotopic (exact) mass is 353 g/mol. The van der Waals surface area contributed by atoms with E-state index < -0.39 is 11.9 Å². The van der Waals surface area contributed by atoms with Gasteiger partial charge in [-0.25, -0.2) is 9.18 Å². The Hall–Kier alpha value is -1.56. The van der Waals surface area contributed by atoms with Gasteiger partial charge in [0.15, 0.2) is 0 Å². The molecule has 132 valence electrons.